The van der Waals surface area contributed by atoms with E-state index in [4.69, 9.17) is 4.74 Å². The summed E-state index contributed by atoms with van der Waals surface area (Å²) in [7, 11) is 0. The number of hydrogen-bond donors (Lipinski definition) is 0. The minimum Gasteiger partial charge on any atom is -0.489 e. The number of ether oxygens (including phenoxy) is 1. The topological polar surface area (TPSA) is 22.1 Å². The van der Waals surface area contributed by atoms with Gasteiger partial charge in [-0.1, -0.05) is 79.7 Å². The van der Waals surface area contributed by atoms with Gasteiger partial charge < -0.3 is 4.74 Å². The van der Waals surface area contributed by atoms with Crippen LogP contribution in [0, 0.1) is 0 Å². The Morgan fingerprint density at radius 2 is 1.67 bits per heavy atom. The van der Waals surface area contributed by atoms with Gasteiger partial charge in [0.2, 0.25) is 0 Å². The van der Waals surface area contributed by atoms with Crippen molar-refractivity contribution in [3.8, 4) is 5.75 Å². The number of rotatable bonds is 6. The Kier molecular flexibility index (Phi) is 5.41. The van der Waals surface area contributed by atoms with E-state index in [0.717, 1.165) is 17.0 Å². The van der Waals surface area contributed by atoms with Crippen LogP contribution in [-0.4, -0.2) is 4.98 Å². The average Bonchev–Trinajstić information content (AvgIpc) is 2.66. The molecule has 3 aromatic rings. The van der Waals surface area contributed by atoms with Crippen molar-refractivity contribution in [2.24, 2.45) is 0 Å². The van der Waals surface area contributed by atoms with Crippen molar-refractivity contribution in [2.45, 2.75) is 19.4 Å². The molecular formula is C22H21NO. The Labute approximate surface area is 143 Å². The first kappa shape index (κ1) is 16.0. The van der Waals surface area contributed by atoms with Gasteiger partial charge in [-0.05, 0) is 17.2 Å². The number of nitrogens with zero attached hydrogens (tertiary/aromatic N) is 1. The quantitative estimate of drug-likeness (QED) is 0.601. The lowest BCUT2D eigenvalue weighted by atomic mass is 10.0. The van der Waals surface area contributed by atoms with Gasteiger partial charge >= 0.3 is 0 Å². The van der Waals surface area contributed by atoms with E-state index in [1.165, 1.54) is 5.56 Å². The minimum absolute atomic E-state index is 0.227. The van der Waals surface area contributed by atoms with E-state index < -0.39 is 0 Å². The van der Waals surface area contributed by atoms with Crippen LogP contribution in [-0.2, 0) is 6.61 Å². The first-order valence-corrected chi connectivity index (χ1v) is 8.17. The lowest BCUT2D eigenvalue weighted by molar-refractivity contribution is 0.305. The summed E-state index contributed by atoms with van der Waals surface area (Å²) in [6.45, 7) is 2.71. The Morgan fingerprint density at radius 1 is 0.958 bits per heavy atom. The third-order valence-corrected chi connectivity index (χ3v) is 3.84. The van der Waals surface area contributed by atoms with Crippen LogP contribution >= 0.6 is 0 Å². The molecule has 0 aliphatic carbocycles. The first-order chi connectivity index (χ1) is 11.8. The molecule has 1 heterocycles. The summed E-state index contributed by atoms with van der Waals surface area (Å²) in [4.78, 5) is 4.48. The molecule has 3 rings (SSSR count). The van der Waals surface area contributed by atoms with E-state index in [1.54, 1.807) is 0 Å². The summed E-state index contributed by atoms with van der Waals surface area (Å²) < 4.78 is 5.88. The molecule has 2 heteroatoms. The van der Waals surface area contributed by atoms with Crippen molar-refractivity contribution in [1.82, 2.24) is 4.98 Å². The van der Waals surface area contributed by atoms with Gasteiger partial charge in [-0.2, -0.15) is 0 Å². The van der Waals surface area contributed by atoms with Crippen LogP contribution in [0.15, 0.2) is 85.1 Å². The largest absolute Gasteiger partial charge is 0.489 e. The summed E-state index contributed by atoms with van der Waals surface area (Å²) in [5, 5.41) is 0. The fourth-order valence-corrected chi connectivity index (χ4v) is 2.43. The molecule has 1 unspecified atom stereocenters. The molecule has 0 radical (unpaired) electrons. The lowest BCUT2D eigenvalue weighted by Gasteiger charge is -2.10. The highest BCUT2D eigenvalue weighted by Gasteiger charge is 2.05. The minimum atomic E-state index is 0.227. The number of pyridine rings is 1. The maximum Gasteiger partial charge on any atom is 0.123 e. The number of benzene rings is 2. The summed E-state index contributed by atoms with van der Waals surface area (Å²) in [6, 6.07) is 24.4. The second kappa shape index (κ2) is 8.11. The second-order valence-electron chi connectivity index (χ2n) is 5.75. The molecule has 1 aromatic heterocycles. The monoisotopic (exact) mass is 315 g/mol. The van der Waals surface area contributed by atoms with Crippen molar-refractivity contribution in [1.29, 1.82) is 0 Å². The molecular weight excluding hydrogens is 294 g/mol. The zero-order chi connectivity index (χ0) is 16.6. The van der Waals surface area contributed by atoms with E-state index in [0.29, 0.717) is 6.61 Å². The standard InChI is InChI=1S/C22H21NO/c1-18(12-13-19-8-4-2-5-9-19)22-16-21(14-15-23-22)24-17-20-10-6-3-7-11-20/h2-16,18H,17H2,1H3/b13-12+. The van der Waals surface area contributed by atoms with Gasteiger partial charge in [-0.15, -0.1) is 0 Å². The van der Waals surface area contributed by atoms with Gasteiger partial charge in [0.15, 0.2) is 0 Å². The molecule has 0 amide bonds. The van der Waals surface area contributed by atoms with Gasteiger partial charge in [-0.3, -0.25) is 4.98 Å². The number of hydrogen-bond acceptors (Lipinski definition) is 2. The molecule has 0 N–H and O–H groups in total. The molecule has 2 nitrogen and oxygen atoms in total. The zero-order valence-corrected chi connectivity index (χ0v) is 13.8. The lowest BCUT2D eigenvalue weighted by Crippen LogP contribution is -1.98. The normalized spacial score (nSPS) is 12.2. The average molecular weight is 315 g/mol. The van der Waals surface area contributed by atoms with E-state index in [1.807, 2.05) is 54.7 Å². The van der Waals surface area contributed by atoms with E-state index in [9.17, 15) is 0 Å². The second-order valence-corrected chi connectivity index (χ2v) is 5.75. The predicted octanol–water partition coefficient (Wildman–Crippen LogP) is 5.48. The molecule has 0 saturated carbocycles. The summed E-state index contributed by atoms with van der Waals surface area (Å²) in [5.41, 5.74) is 3.36. The fraction of sp³-hybridized carbons (Fsp3) is 0.136. The van der Waals surface area contributed by atoms with Gasteiger partial charge in [0.25, 0.3) is 0 Å². The SMILES string of the molecule is CC(/C=C/c1ccccc1)c1cc(OCc2ccccc2)ccn1. The summed E-state index contributed by atoms with van der Waals surface area (Å²) in [5.74, 6) is 1.08. The highest BCUT2D eigenvalue weighted by Crippen LogP contribution is 2.21. The van der Waals surface area contributed by atoms with Crippen LogP contribution in [0.5, 0.6) is 5.75 Å². The summed E-state index contributed by atoms with van der Waals surface area (Å²) in [6.07, 6.45) is 6.10. The summed E-state index contributed by atoms with van der Waals surface area (Å²) >= 11 is 0. The van der Waals surface area contributed by atoms with Crippen LogP contribution in [0.4, 0.5) is 0 Å². The van der Waals surface area contributed by atoms with Crippen LogP contribution in [0.25, 0.3) is 6.08 Å². The Morgan fingerprint density at radius 3 is 2.42 bits per heavy atom. The third-order valence-electron chi connectivity index (χ3n) is 3.84. The smallest absolute Gasteiger partial charge is 0.123 e. The van der Waals surface area contributed by atoms with Gasteiger partial charge in [0, 0.05) is 18.2 Å². The van der Waals surface area contributed by atoms with Crippen molar-refractivity contribution in [3.05, 3.63) is 102 Å². The van der Waals surface area contributed by atoms with Crippen molar-refractivity contribution in [2.75, 3.05) is 0 Å². The molecule has 0 saturated heterocycles. The van der Waals surface area contributed by atoms with Crippen LogP contribution in [0.3, 0.4) is 0 Å². The highest BCUT2D eigenvalue weighted by atomic mass is 16.5. The molecule has 1 atom stereocenters. The predicted molar refractivity (Wildman–Crippen MR) is 98.9 cm³/mol. The number of allylic oxidation sites excluding steroid dienone is 1. The Hall–Kier alpha value is -2.87. The molecule has 0 aliphatic rings. The molecule has 0 fully saturated rings. The Bertz CT molecular complexity index is 781. The van der Waals surface area contributed by atoms with Crippen LogP contribution < -0.4 is 4.74 Å². The van der Waals surface area contributed by atoms with Crippen molar-refractivity contribution in [3.63, 3.8) is 0 Å². The Balaban J connectivity index is 1.65. The first-order valence-electron chi connectivity index (χ1n) is 8.17. The molecule has 24 heavy (non-hydrogen) atoms. The molecule has 120 valence electrons. The van der Waals surface area contributed by atoms with Crippen LogP contribution in [0.1, 0.15) is 29.7 Å². The molecule has 0 spiro atoms. The van der Waals surface area contributed by atoms with Crippen molar-refractivity contribution >= 4 is 6.08 Å². The van der Waals surface area contributed by atoms with Gasteiger partial charge in [0.1, 0.15) is 12.4 Å². The maximum absolute atomic E-state index is 5.88. The zero-order valence-electron chi connectivity index (χ0n) is 13.8. The van der Waals surface area contributed by atoms with Crippen LogP contribution in [0.2, 0.25) is 0 Å². The van der Waals surface area contributed by atoms with E-state index in [-0.39, 0.29) is 5.92 Å². The van der Waals surface area contributed by atoms with Gasteiger partial charge in [0.05, 0.1) is 5.69 Å². The number of aromatic nitrogens is 1. The van der Waals surface area contributed by atoms with E-state index >= 15 is 0 Å². The highest BCUT2D eigenvalue weighted by molar-refractivity contribution is 5.50. The molecule has 2 aromatic carbocycles. The van der Waals surface area contributed by atoms with Gasteiger partial charge in [-0.25, -0.2) is 0 Å². The fourth-order valence-electron chi connectivity index (χ4n) is 2.43. The molecule has 0 bridgehead atoms. The van der Waals surface area contributed by atoms with E-state index in [2.05, 4.69) is 48.3 Å². The molecule has 0 aliphatic heterocycles. The van der Waals surface area contributed by atoms with Crippen molar-refractivity contribution < 1.29 is 4.74 Å². The third kappa shape index (κ3) is 4.56. The maximum atomic E-state index is 5.88.